The van der Waals surface area contributed by atoms with Gasteiger partial charge in [0.25, 0.3) is 0 Å². The van der Waals surface area contributed by atoms with E-state index in [-0.39, 0.29) is 11.2 Å². The van der Waals surface area contributed by atoms with Gasteiger partial charge in [0.15, 0.2) is 5.17 Å². The number of amides is 1. The van der Waals surface area contributed by atoms with Crippen LogP contribution in [0, 0.1) is 11.8 Å². The van der Waals surface area contributed by atoms with Crippen LogP contribution in [0.25, 0.3) is 0 Å². The number of rotatable bonds is 4. The molecule has 2 unspecified atom stereocenters. The molecule has 3 atom stereocenters. The molecule has 0 aromatic rings. The van der Waals surface area contributed by atoms with Crippen molar-refractivity contribution in [2.75, 3.05) is 13.7 Å². The second-order valence-corrected chi connectivity index (χ2v) is 6.55. The molecule has 0 spiro atoms. The Morgan fingerprint density at radius 1 is 1.50 bits per heavy atom. The summed E-state index contributed by atoms with van der Waals surface area (Å²) in [4.78, 5) is 16.5. The third-order valence-corrected chi connectivity index (χ3v) is 5.06. The predicted octanol–water partition coefficient (Wildman–Crippen LogP) is 2.05. The fourth-order valence-electron chi connectivity index (χ4n) is 2.63. The Morgan fingerprint density at radius 3 is 2.89 bits per heavy atom. The number of thioether (sulfide) groups is 1. The summed E-state index contributed by atoms with van der Waals surface area (Å²) in [6.07, 6.45) is 3.50. The first-order valence-electron chi connectivity index (χ1n) is 6.66. The van der Waals surface area contributed by atoms with Gasteiger partial charge in [0.2, 0.25) is 5.91 Å². The van der Waals surface area contributed by atoms with Gasteiger partial charge in [-0.15, -0.1) is 0 Å². The summed E-state index contributed by atoms with van der Waals surface area (Å²) >= 11 is 1.58. The van der Waals surface area contributed by atoms with Crippen LogP contribution < -0.4 is 5.32 Å². The van der Waals surface area contributed by atoms with Gasteiger partial charge in [-0.1, -0.05) is 32.0 Å². The molecule has 4 nitrogen and oxygen atoms in total. The van der Waals surface area contributed by atoms with Crippen molar-refractivity contribution in [1.29, 1.82) is 0 Å². The van der Waals surface area contributed by atoms with Crippen LogP contribution in [0.4, 0.5) is 0 Å². The first kappa shape index (κ1) is 13.9. The van der Waals surface area contributed by atoms with Crippen LogP contribution in [0.5, 0.6) is 0 Å². The van der Waals surface area contributed by atoms with Crippen LogP contribution in [0.15, 0.2) is 4.99 Å². The number of hydrogen-bond acceptors (Lipinski definition) is 4. The average Bonchev–Trinajstić information content (AvgIpc) is 2.87. The summed E-state index contributed by atoms with van der Waals surface area (Å²) in [5, 5.41) is 3.74. The maximum absolute atomic E-state index is 11.8. The second kappa shape index (κ2) is 6.06. The molecule has 18 heavy (non-hydrogen) atoms. The van der Waals surface area contributed by atoms with Gasteiger partial charge in [0, 0.05) is 13.0 Å². The van der Waals surface area contributed by atoms with Crippen molar-refractivity contribution < 1.29 is 9.53 Å². The SMILES string of the molecule is COC[C@H]1CCCC1N=C1NC(=O)C(C(C)C)S1. The highest BCUT2D eigenvalue weighted by Gasteiger charge is 2.34. The van der Waals surface area contributed by atoms with Crippen LogP contribution in [0.2, 0.25) is 0 Å². The van der Waals surface area contributed by atoms with Gasteiger partial charge in [0.1, 0.15) is 0 Å². The van der Waals surface area contributed by atoms with Gasteiger partial charge in [-0.05, 0) is 18.8 Å². The minimum atomic E-state index is 0.0195. The van der Waals surface area contributed by atoms with Gasteiger partial charge in [-0.25, -0.2) is 0 Å². The molecule has 1 aliphatic carbocycles. The molecule has 2 rings (SSSR count). The molecule has 0 aromatic heterocycles. The quantitative estimate of drug-likeness (QED) is 0.850. The Morgan fingerprint density at radius 2 is 2.28 bits per heavy atom. The molecule has 0 aromatic carbocycles. The lowest BCUT2D eigenvalue weighted by molar-refractivity contribution is -0.119. The molecule has 1 aliphatic heterocycles. The zero-order chi connectivity index (χ0) is 13.1. The highest BCUT2D eigenvalue weighted by molar-refractivity contribution is 8.15. The van der Waals surface area contributed by atoms with E-state index in [9.17, 15) is 4.79 Å². The van der Waals surface area contributed by atoms with E-state index in [0.717, 1.165) is 18.2 Å². The Labute approximate surface area is 113 Å². The van der Waals surface area contributed by atoms with Crippen molar-refractivity contribution in [3.63, 3.8) is 0 Å². The first-order valence-corrected chi connectivity index (χ1v) is 7.54. The van der Waals surface area contributed by atoms with Crippen LogP contribution in [0.3, 0.4) is 0 Å². The van der Waals surface area contributed by atoms with Gasteiger partial charge in [0.05, 0.1) is 17.9 Å². The number of methoxy groups -OCH3 is 1. The van der Waals surface area contributed by atoms with Crippen molar-refractivity contribution in [3.8, 4) is 0 Å². The lowest BCUT2D eigenvalue weighted by Gasteiger charge is -2.15. The summed E-state index contributed by atoms with van der Waals surface area (Å²) in [5.41, 5.74) is 0. The van der Waals surface area contributed by atoms with Crippen LogP contribution in [-0.2, 0) is 9.53 Å². The first-order chi connectivity index (χ1) is 8.61. The maximum atomic E-state index is 11.8. The molecule has 0 radical (unpaired) electrons. The molecule has 0 bridgehead atoms. The minimum Gasteiger partial charge on any atom is -0.384 e. The van der Waals surface area contributed by atoms with Gasteiger partial charge < -0.3 is 10.1 Å². The molecule has 5 heteroatoms. The summed E-state index contributed by atoms with van der Waals surface area (Å²) in [6.45, 7) is 4.92. The summed E-state index contributed by atoms with van der Waals surface area (Å²) in [5.74, 6) is 0.967. The van der Waals surface area contributed by atoms with E-state index in [0.29, 0.717) is 17.9 Å². The largest absolute Gasteiger partial charge is 0.384 e. The highest BCUT2D eigenvalue weighted by Crippen LogP contribution is 2.31. The lowest BCUT2D eigenvalue weighted by Crippen LogP contribution is -2.28. The van der Waals surface area contributed by atoms with E-state index in [4.69, 9.17) is 9.73 Å². The molecule has 1 heterocycles. The van der Waals surface area contributed by atoms with Gasteiger partial charge >= 0.3 is 0 Å². The number of carbonyl (C=O) groups excluding carboxylic acids is 1. The van der Waals surface area contributed by atoms with Crippen molar-refractivity contribution >= 4 is 22.8 Å². The van der Waals surface area contributed by atoms with E-state index in [1.807, 2.05) is 0 Å². The summed E-state index contributed by atoms with van der Waals surface area (Å²) < 4.78 is 5.24. The van der Waals surface area contributed by atoms with Gasteiger partial charge in [-0.2, -0.15) is 0 Å². The van der Waals surface area contributed by atoms with E-state index in [1.54, 1.807) is 18.9 Å². The zero-order valence-electron chi connectivity index (χ0n) is 11.3. The summed E-state index contributed by atoms with van der Waals surface area (Å²) in [6, 6.07) is 0.318. The normalized spacial score (nSPS) is 34.6. The van der Waals surface area contributed by atoms with Crippen molar-refractivity contribution in [3.05, 3.63) is 0 Å². The Balaban J connectivity index is 1.99. The smallest absolute Gasteiger partial charge is 0.239 e. The van der Waals surface area contributed by atoms with Crippen molar-refractivity contribution in [2.45, 2.75) is 44.4 Å². The molecule has 1 N–H and O–H groups in total. The van der Waals surface area contributed by atoms with Crippen molar-refractivity contribution in [2.24, 2.45) is 16.8 Å². The molecule has 2 fully saturated rings. The number of ether oxygens (including phenoxy) is 1. The molecule has 1 amide bonds. The van der Waals surface area contributed by atoms with Crippen LogP contribution >= 0.6 is 11.8 Å². The number of aliphatic imine (C=N–C) groups is 1. The van der Waals surface area contributed by atoms with E-state index >= 15 is 0 Å². The maximum Gasteiger partial charge on any atom is 0.239 e. The zero-order valence-corrected chi connectivity index (χ0v) is 12.1. The minimum absolute atomic E-state index is 0.0195. The van der Waals surface area contributed by atoms with Crippen LogP contribution in [-0.4, -0.2) is 36.1 Å². The molecular weight excluding hydrogens is 248 g/mol. The Bertz CT molecular complexity index is 344. The Kier molecular flexibility index (Phi) is 4.67. The predicted molar refractivity (Wildman–Crippen MR) is 74.8 cm³/mol. The van der Waals surface area contributed by atoms with E-state index < -0.39 is 0 Å². The monoisotopic (exact) mass is 270 g/mol. The average molecular weight is 270 g/mol. The lowest BCUT2D eigenvalue weighted by atomic mass is 10.1. The second-order valence-electron chi connectivity index (χ2n) is 5.42. The molecule has 2 aliphatic rings. The number of nitrogens with zero attached hydrogens (tertiary/aromatic N) is 1. The van der Waals surface area contributed by atoms with E-state index in [1.165, 1.54) is 12.8 Å². The third-order valence-electron chi connectivity index (χ3n) is 3.62. The number of carbonyl (C=O) groups is 1. The fraction of sp³-hybridized carbons (Fsp3) is 0.846. The number of hydrogen-bond donors (Lipinski definition) is 1. The van der Waals surface area contributed by atoms with E-state index in [2.05, 4.69) is 19.2 Å². The summed E-state index contributed by atoms with van der Waals surface area (Å²) in [7, 11) is 1.74. The fourth-order valence-corrected chi connectivity index (χ4v) is 3.66. The molecule has 1 saturated heterocycles. The third kappa shape index (κ3) is 3.06. The van der Waals surface area contributed by atoms with Gasteiger partial charge in [-0.3, -0.25) is 9.79 Å². The highest BCUT2D eigenvalue weighted by atomic mass is 32.2. The Hall–Kier alpha value is -0.550. The molecular formula is C13H22N2O2S. The standard InChI is InChI=1S/C13H22N2O2S/c1-8(2)11-12(16)15-13(18-11)14-10-6-4-5-9(10)7-17-3/h8-11H,4-7H2,1-3H3,(H,14,15,16)/t9-,10?,11?/m1/s1. The number of amidine groups is 1. The molecule has 1 saturated carbocycles. The molecule has 102 valence electrons. The topological polar surface area (TPSA) is 50.7 Å². The number of nitrogens with one attached hydrogen (secondary N) is 1. The van der Waals surface area contributed by atoms with Crippen molar-refractivity contribution in [1.82, 2.24) is 5.32 Å². The van der Waals surface area contributed by atoms with Crippen LogP contribution in [0.1, 0.15) is 33.1 Å².